The van der Waals surface area contributed by atoms with Gasteiger partial charge in [0.25, 0.3) is 0 Å². The van der Waals surface area contributed by atoms with Crippen LogP contribution in [0.5, 0.6) is 0 Å². The average Bonchev–Trinajstić information content (AvgIpc) is 3.03. The first-order valence-electron chi connectivity index (χ1n) is 8.46. The molecule has 0 aliphatic heterocycles. The van der Waals surface area contributed by atoms with Gasteiger partial charge in [-0.15, -0.1) is 0 Å². The third-order valence-corrected chi connectivity index (χ3v) is 3.62. The maximum atomic E-state index is 11.7. The highest BCUT2D eigenvalue weighted by atomic mass is 16.5. The monoisotopic (exact) mass is 367 g/mol. The van der Waals surface area contributed by atoms with Gasteiger partial charge in [-0.3, -0.25) is 15.4 Å². The summed E-state index contributed by atoms with van der Waals surface area (Å²) in [6, 6.07) is 7.47. The molecule has 0 fully saturated rings. The summed E-state index contributed by atoms with van der Waals surface area (Å²) in [6.07, 6.45) is 2.73. The molecule has 1 aromatic carbocycles. The summed E-state index contributed by atoms with van der Waals surface area (Å²) in [5.41, 5.74) is 3.28. The third kappa shape index (κ3) is 4.94. The predicted octanol–water partition coefficient (Wildman–Crippen LogP) is 3.87. The van der Waals surface area contributed by atoms with Gasteiger partial charge in [0.15, 0.2) is 17.5 Å². The van der Waals surface area contributed by atoms with Crippen molar-refractivity contribution in [1.29, 1.82) is 0 Å². The fraction of sp³-hybridized carbons (Fsp3) is 0.222. The normalized spacial score (nSPS) is 10.3. The quantitative estimate of drug-likeness (QED) is 0.522. The van der Waals surface area contributed by atoms with E-state index in [9.17, 15) is 4.79 Å². The number of amides is 1. The zero-order chi connectivity index (χ0) is 19.2. The molecule has 27 heavy (non-hydrogen) atoms. The molecule has 0 aliphatic rings. The van der Waals surface area contributed by atoms with E-state index in [1.807, 2.05) is 38.1 Å². The lowest BCUT2D eigenvalue weighted by molar-refractivity contribution is 0.168. The van der Waals surface area contributed by atoms with E-state index in [4.69, 9.17) is 4.74 Å². The topological polar surface area (TPSA) is 117 Å². The number of nitrogens with one attached hydrogen (secondary N) is 4. The Kier molecular flexibility index (Phi) is 5.50. The first-order valence-corrected chi connectivity index (χ1v) is 8.46. The minimum atomic E-state index is -0.488. The van der Waals surface area contributed by atoms with Crippen molar-refractivity contribution >= 4 is 34.9 Å². The van der Waals surface area contributed by atoms with Gasteiger partial charge in [-0.25, -0.2) is 9.78 Å². The average molecular weight is 367 g/mol. The fourth-order valence-corrected chi connectivity index (χ4v) is 2.36. The standard InChI is InChI=1S/C18H21N7O2/c1-4-27-18(26)21-14-8-13(6-5-11(14)2)20-16-9-19-10-17(23-16)22-15-7-12(3)24-25-15/h5-10H,4H2,1-3H3,(H,21,26)(H3,20,22,23,24,25). The van der Waals surface area contributed by atoms with Crippen LogP contribution in [-0.2, 0) is 4.74 Å². The number of rotatable bonds is 6. The van der Waals surface area contributed by atoms with Crippen LogP contribution >= 0.6 is 0 Å². The summed E-state index contributed by atoms with van der Waals surface area (Å²) < 4.78 is 4.92. The van der Waals surface area contributed by atoms with Crippen molar-refractivity contribution in [1.82, 2.24) is 20.2 Å². The van der Waals surface area contributed by atoms with Crippen molar-refractivity contribution in [3.63, 3.8) is 0 Å². The van der Waals surface area contributed by atoms with E-state index in [0.717, 1.165) is 16.9 Å². The third-order valence-electron chi connectivity index (χ3n) is 3.62. The summed E-state index contributed by atoms with van der Waals surface area (Å²) in [4.78, 5) is 20.3. The molecule has 3 rings (SSSR count). The van der Waals surface area contributed by atoms with Crippen molar-refractivity contribution in [2.45, 2.75) is 20.8 Å². The van der Waals surface area contributed by atoms with Gasteiger partial charge in [-0.2, -0.15) is 5.10 Å². The summed E-state index contributed by atoms with van der Waals surface area (Å²) in [7, 11) is 0. The van der Waals surface area contributed by atoms with E-state index in [1.54, 1.807) is 19.3 Å². The van der Waals surface area contributed by atoms with E-state index >= 15 is 0 Å². The van der Waals surface area contributed by atoms with E-state index in [1.165, 1.54) is 0 Å². The molecule has 4 N–H and O–H groups in total. The second-order valence-corrected chi connectivity index (χ2v) is 5.85. The summed E-state index contributed by atoms with van der Waals surface area (Å²) in [5.74, 6) is 1.77. The summed E-state index contributed by atoms with van der Waals surface area (Å²) in [6.45, 7) is 5.89. The zero-order valence-corrected chi connectivity index (χ0v) is 15.3. The molecule has 0 atom stereocenters. The molecule has 9 nitrogen and oxygen atoms in total. The molecule has 9 heteroatoms. The van der Waals surface area contributed by atoms with Crippen LogP contribution in [0.25, 0.3) is 0 Å². The number of aryl methyl sites for hydroxylation is 2. The number of carbonyl (C=O) groups excluding carboxylic acids is 1. The Morgan fingerprint density at radius 3 is 2.59 bits per heavy atom. The van der Waals surface area contributed by atoms with Gasteiger partial charge in [-0.05, 0) is 38.5 Å². The molecule has 0 spiro atoms. The first-order chi connectivity index (χ1) is 13.0. The van der Waals surface area contributed by atoms with Gasteiger partial charge in [-0.1, -0.05) is 6.07 Å². The summed E-state index contributed by atoms with van der Waals surface area (Å²) in [5, 5.41) is 15.9. The van der Waals surface area contributed by atoms with E-state index in [0.29, 0.717) is 29.7 Å². The molecule has 140 valence electrons. The maximum absolute atomic E-state index is 11.7. The Labute approximate surface area is 156 Å². The molecule has 2 heterocycles. The number of nitrogens with zero attached hydrogens (tertiary/aromatic N) is 3. The Hall–Kier alpha value is -3.62. The molecule has 1 amide bonds. The lowest BCUT2D eigenvalue weighted by Gasteiger charge is -2.12. The highest BCUT2D eigenvalue weighted by Crippen LogP contribution is 2.23. The molecular weight excluding hydrogens is 346 g/mol. The Morgan fingerprint density at radius 1 is 1.11 bits per heavy atom. The van der Waals surface area contributed by atoms with Crippen LogP contribution in [0.4, 0.5) is 33.6 Å². The van der Waals surface area contributed by atoms with Gasteiger partial charge in [0, 0.05) is 23.1 Å². The molecule has 0 bridgehead atoms. The molecule has 0 radical (unpaired) electrons. The van der Waals surface area contributed by atoms with Crippen LogP contribution < -0.4 is 16.0 Å². The predicted molar refractivity (Wildman–Crippen MR) is 104 cm³/mol. The van der Waals surface area contributed by atoms with Gasteiger partial charge in [0.05, 0.1) is 19.0 Å². The number of ether oxygens (including phenoxy) is 1. The van der Waals surface area contributed by atoms with Crippen molar-refractivity contribution in [2.75, 3.05) is 22.6 Å². The Balaban J connectivity index is 1.73. The lowest BCUT2D eigenvalue weighted by Crippen LogP contribution is -2.14. The fourth-order valence-electron chi connectivity index (χ4n) is 2.36. The number of H-pyrrole nitrogens is 1. The number of hydrogen-bond acceptors (Lipinski definition) is 7. The van der Waals surface area contributed by atoms with E-state index < -0.39 is 6.09 Å². The molecule has 0 saturated carbocycles. The van der Waals surface area contributed by atoms with Gasteiger partial charge in [0.2, 0.25) is 0 Å². The maximum Gasteiger partial charge on any atom is 0.411 e. The smallest absolute Gasteiger partial charge is 0.411 e. The Morgan fingerprint density at radius 2 is 1.89 bits per heavy atom. The largest absolute Gasteiger partial charge is 0.450 e. The number of anilines is 5. The summed E-state index contributed by atoms with van der Waals surface area (Å²) >= 11 is 0. The highest BCUT2D eigenvalue weighted by molar-refractivity contribution is 5.86. The van der Waals surface area contributed by atoms with Crippen LogP contribution in [0.1, 0.15) is 18.2 Å². The van der Waals surface area contributed by atoms with Crippen molar-refractivity contribution < 1.29 is 9.53 Å². The van der Waals surface area contributed by atoms with Gasteiger partial charge < -0.3 is 15.4 Å². The SMILES string of the molecule is CCOC(=O)Nc1cc(Nc2cncc(Nc3cc(C)[nH]n3)n2)ccc1C. The minimum absolute atomic E-state index is 0.313. The Bertz CT molecular complexity index is 939. The van der Waals surface area contributed by atoms with Crippen molar-refractivity contribution in [3.05, 3.63) is 47.9 Å². The number of carbonyl (C=O) groups is 1. The number of hydrogen-bond donors (Lipinski definition) is 4. The second-order valence-electron chi connectivity index (χ2n) is 5.85. The highest BCUT2D eigenvalue weighted by Gasteiger charge is 2.07. The lowest BCUT2D eigenvalue weighted by atomic mass is 10.2. The number of aromatic nitrogens is 4. The van der Waals surface area contributed by atoms with E-state index in [2.05, 4.69) is 36.1 Å². The van der Waals surface area contributed by atoms with Crippen molar-refractivity contribution in [2.24, 2.45) is 0 Å². The molecule has 3 aromatic rings. The van der Waals surface area contributed by atoms with Gasteiger partial charge >= 0.3 is 6.09 Å². The number of aromatic amines is 1. The molecule has 0 saturated heterocycles. The first kappa shape index (κ1) is 18.2. The minimum Gasteiger partial charge on any atom is -0.450 e. The van der Waals surface area contributed by atoms with Crippen LogP contribution in [0.3, 0.4) is 0 Å². The molecule has 0 unspecified atom stereocenters. The molecule has 0 aliphatic carbocycles. The molecular formula is C18H21N7O2. The van der Waals surface area contributed by atoms with Crippen LogP contribution in [0.2, 0.25) is 0 Å². The number of benzene rings is 1. The van der Waals surface area contributed by atoms with Crippen molar-refractivity contribution in [3.8, 4) is 0 Å². The van der Waals surface area contributed by atoms with Crippen LogP contribution in [0, 0.1) is 13.8 Å². The van der Waals surface area contributed by atoms with Crippen LogP contribution in [-0.4, -0.2) is 32.9 Å². The zero-order valence-electron chi connectivity index (χ0n) is 15.3. The van der Waals surface area contributed by atoms with Crippen LogP contribution in [0.15, 0.2) is 36.7 Å². The van der Waals surface area contributed by atoms with E-state index in [-0.39, 0.29) is 0 Å². The molecule has 2 aromatic heterocycles. The second kappa shape index (κ2) is 8.17. The van der Waals surface area contributed by atoms with Gasteiger partial charge in [0.1, 0.15) is 0 Å².